The Hall–Kier alpha value is -3.13. The van der Waals surface area contributed by atoms with E-state index < -0.39 is 5.91 Å². The standard InChI is InChI=1S/C20H16BrFN2O4/c21-18-10-9-17(28-18)20(26)24-12-19(25)23-11-13-1-5-15(6-2-13)27-16-7-3-14(22)4-8-16/h1-10H,11-12H2,(H,23,25)(H,24,26). The smallest absolute Gasteiger partial charge is 0.287 e. The molecule has 0 saturated carbocycles. The highest BCUT2D eigenvalue weighted by Crippen LogP contribution is 2.21. The van der Waals surface area contributed by atoms with E-state index in [4.69, 9.17) is 9.15 Å². The van der Waals surface area contributed by atoms with Crippen LogP contribution in [0, 0.1) is 5.82 Å². The zero-order valence-electron chi connectivity index (χ0n) is 14.6. The summed E-state index contributed by atoms with van der Waals surface area (Å²) in [6, 6.07) is 15.9. The van der Waals surface area contributed by atoms with Crippen LogP contribution in [0.2, 0.25) is 0 Å². The number of halogens is 2. The second kappa shape index (κ2) is 9.18. The molecule has 0 bridgehead atoms. The molecule has 0 unspecified atom stereocenters. The quantitative estimate of drug-likeness (QED) is 0.574. The zero-order chi connectivity index (χ0) is 19.9. The van der Waals surface area contributed by atoms with Crippen molar-refractivity contribution >= 4 is 27.7 Å². The molecule has 144 valence electrons. The molecular formula is C20H16BrFN2O4. The van der Waals surface area contributed by atoms with Gasteiger partial charge in [0.2, 0.25) is 5.91 Å². The Morgan fingerprint density at radius 3 is 2.18 bits per heavy atom. The number of carbonyl (C=O) groups is 2. The van der Waals surface area contributed by atoms with Crippen LogP contribution in [0.25, 0.3) is 0 Å². The van der Waals surface area contributed by atoms with Gasteiger partial charge in [-0.25, -0.2) is 4.39 Å². The van der Waals surface area contributed by atoms with E-state index in [1.807, 2.05) is 0 Å². The topological polar surface area (TPSA) is 80.6 Å². The summed E-state index contributed by atoms with van der Waals surface area (Å²) in [5.41, 5.74) is 0.862. The van der Waals surface area contributed by atoms with E-state index in [2.05, 4.69) is 26.6 Å². The molecule has 8 heteroatoms. The van der Waals surface area contributed by atoms with Crippen molar-refractivity contribution in [1.82, 2.24) is 10.6 Å². The molecular weight excluding hydrogens is 431 g/mol. The summed E-state index contributed by atoms with van der Waals surface area (Å²) in [6.45, 7) is 0.140. The number of benzene rings is 2. The van der Waals surface area contributed by atoms with Gasteiger partial charge < -0.3 is 19.8 Å². The van der Waals surface area contributed by atoms with E-state index in [1.165, 1.54) is 18.2 Å². The lowest BCUT2D eigenvalue weighted by Gasteiger charge is -2.08. The molecule has 3 aromatic rings. The van der Waals surface area contributed by atoms with Crippen molar-refractivity contribution < 1.29 is 23.1 Å². The van der Waals surface area contributed by atoms with Gasteiger partial charge >= 0.3 is 0 Å². The molecule has 28 heavy (non-hydrogen) atoms. The molecule has 2 N–H and O–H groups in total. The minimum Gasteiger partial charge on any atom is -0.457 e. The molecule has 0 radical (unpaired) electrons. The van der Waals surface area contributed by atoms with Crippen molar-refractivity contribution in [3.8, 4) is 11.5 Å². The number of amides is 2. The third-order valence-electron chi connectivity index (χ3n) is 3.67. The second-order valence-electron chi connectivity index (χ2n) is 5.76. The number of ether oxygens (including phenoxy) is 1. The molecule has 2 aromatic carbocycles. The third-order valence-corrected chi connectivity index (χ3v) is 4.10. The highest BCUT2D eigenvalue weighted by Gasteiger charge is 2.11. The van der Waals surface area contributed by atoms with Crippen LogP contribution in [0.1, 0.15) is 16.1 Å². The summed E-state index contributed by atoms with van der Waals surface area (Å²) in [6.07, 6.45) is 0. The fraction of sp³-hybridized carbons (Fsp3) is 0.100. The van der Waals surface area contributed by atoms with Crippen molar-refractivity contribution in [2.75, 3.05) is 6.54 Å². The summed E-state index contributed by atoms with van der Waals surface area (Å²) < 4.78 is 24.1. The number of furan rings is 1. The van der Waals surface area contributed by atoms with Crippen LogP contribution in [0.4, 0.5) is 4.39 Å². The summed E-state index contributed by atoms with van der Waals surface area (Å²) >= 11 is 3.11. The largest absolute Gasteiger partial charge is 0.457 e. The van der Waals surface area contributed by atoms with Gasteiger partial charge in [-0.1, -0.05) is 12.1 Å². The Labute approximate surface area is 168 Å². The van der Waals surface area contributed by atoms with Crippen LogP contribution in [-0.4, -0.2) is 18.4 Å². The maximum atomic E-state index is 12.9. The maximum Gasteiger partial charge on any atom is 0.287 e. The lowest BCUT2D eigenvalue weighted by atomic mass is 10.2. The van der Waals surface area contributed by atoms with Crippen LogP contribution in [-0.2, 0) is 11.3 Å². The first-order chi connectivity index (χ1) is 13.5. The fourth-order valence-corrected chi connectivity index (χ4v) is 2.57. The van der Waals surface area contributed by atoms with Gasteiger partial charge in [0.15, 0.2) is 10.4 Å². The van der Waals surface area contributed by atoms with Gasteiger partial charge in [-0.15, -0.1) is 0 Å². The van der Waals surface area contributed by atoms with Crippen LogP contribution in [0.15, 0.2) is 69.8 Å². The van der Waals surface area contributed by atoms with Gasteiger partial charge in [-0.05, 0) is 70.0 Å². The third kappa shape index (κ3) is 5.68. The van der Waals surface area contributed by atoms with E-state index in [0.29, 0.717) is 22.7 Å². The van der Waals surface area contributed by atoms with E-state index in [0.717, 1.165) is 5.56 Å². The Morgan fingerprint density at radius 1 is 0.929 bits per heavy atom. The highest BCUT2D eigenvalue weighted by atomic mass is 79.9. The average molecular weight is 447 g/mol. The van der Waals surface area contributed by atoms with Gasteiger partial charge in [0.1, 0.15) is 17.3 Å². The van der Waals surface area contributed by atoms with Crippen LogP contribution >= 0.6 is 15.9 Å². The Kier molecular flexibility index (Phi) is 6.44. The number of hydrogen-bond acceptors (Lipinski definition) is 4. The number of hydrogen-bond donors (Lipinski definition) is 2. The van der Waals surface area contributed by atoms with Crippen LogP contribution in [0.3, 0.4) is 0 Å². The summed E-state index contributed by atoms with van der Waals surface area (Å²) in [5.74, 6) is 0.122. The Morgan fingerprint density at radius 2 is 1.57 bits per heavy atom. The molecule has 0 fully saturated rings. The van der Waals surface area contributed by atoms with E-state index in [-0.39, 0.29) is 24.0 Å². The van der Waals surface area contributed by atoms with Gasteiger partial charge in [-0.3, -0.25) is 9.59 Å². The summed E-state index contributed by atoms with van der Waals surface area (Å²) in [5, 5.41) is 5.19. The number of carbonyl (C=O) groups excluding carboxylic acids is 2. The molecule has 0 saturated heterocycles. The fourth-order valence-electron chi connectivity index (χ4n) is 2.26. The summed E-state index contributed by atoms with van der Waals surface area (Å²) in [4.78, 5) is 23.7. The molecule has 0 aliphatic carbocycles. The molecule has 1 heterocycles. The van der Waals surface area contributed by atoms with Crippen LogP contribution in [0.5, 0.6) is 11.5 Å². The lowest BCUT2D eigenvalue weighted by Crippen LogP contribution is -2.36. The highest BCUT2D eigenvalue weighted by molar-refractivity contribution is 9.10. The number of nitrogens with one attached hydrogen (secondary N) is 2. The summed E-state index contributed by atoms with van der Waals surface area (Å²) in [7, 11) is 0. The first-order valence-electron chi connectivity index (χ1n) is 8.32. The van der Waals surface area contributed by atoms with E-state index >= 15 is 0 Å². The zero-order valence-corrected chi connectivity index (χ0v) is 16.2. The molecule has 0 aliphatic heterocycles. The average Bonchev–Trinajstić information content (AvgIpc) is 3.14. The lowest BCUT2D eigenvalue weighted by molar-refractivity contribution is -0.120. The number of rotatable bonds is 7. The first-order valence-corrected chi connectivity index (χ1v) is 9.11. The molecule has 1 aromatic heterocycles. The van der Waals surface area contributed by atoms with Crippen molar-refractivity contribution in [2.45, 2.75) is 6.54 Å². The van der Waals surface area contributed by atoms with Gasteiger partial charge in [-0.2, -0.15) is 0 Å². The van der Waals surface area contributed by atoms with Gasteiger partial charge in [0.25, 0.3) is 5.91 Å². The molecule has 0 spiro atoms. The SMILES string of the molecule is O=C(CNC(=O)c1ccc(Br)o1)NCc1ccc(Oc2ccc(F)cc2)cc1. The van der Waals surface area contributed by atoms with Crippen molar-refractivity contribution in [3.63, 3.8) is 0 Å². The molecule has 2 amide bonds. The predicted molar refractivity (Wildman–Crippen MR) is 104 cm³/mol. The molecule has 0 atom stereocenters. The Bertz CT molecular complexity index is 955. The normalized spacial score (nSPS) is 10.4. The Balaban J connectivity index is 1.43. The predicted octanol–water partition coefficient (Wildman–Crippen LogP) is 4.02. The second-order valence-corrected chi connectivity index (χ2v) is 6.54. The first kappa shape index (κ1) is 19.6. The van der Waals surface area contributed by atoms with Crippen LogP contribution < -0.4 is 15.4 Å². The minimum absolute atomic E-state index is 0.122. The van der Waals surface area contributed by atoms with Crippen molar-refractivity contribution in [1.29, 1.82) is 0 Å². The van der Waals surface area contributed by atoms with Gasteiger partial charge in [0, 0.05) is 6.54 Å². The van der Waals surface area contributed by atoms with Gasteiger partial charge in [0.05, 0.1) is 6.54 Å². The van der Waals surface area contributed by atoms with E-state index in [9.17, 15) is 14.0 Å². The molecule has 3 rings (SSSR count). The van der Waals surface area contributed by atoms with Crippen molar-refractivity contribution in [3.05, 3.63) is 82.5 Å². The molecule has 6 nitrogen and oxygen atoms in total. The maximum absolute atomic E-state index is 12.9. The monoisotopic (exact) mass is 446 g/mol. The molecule has 0 aliphatic rings. The van der Waals surface area contributed by atoms with Crippen molar-refractivity contribution in [2.24, 2.45) is 0 Å². The van der Waals surface area contributed by atoms with E-state index in [1.54, 1.807) is 42.5 Å². The minimum atomic E-state index is -0.469.